The second-order valence-corrected chi connectivity index (χ2v) is 7.47. The predicted octanol–water partition coefficient (Wildman–Crippen LogP) is 4.73. The summed E-state index contributed by atoms with van der Waals surface area (Å²) >= 11 is 0. The minimum Gasteiger partial charge on any atom is -0.319 e. The Kier molecular flexibility index (Phi) is 5.03. The van der Waals surface area contributed by atoms with Crippen molar-refractivity contribution in [3.8, 4) is 0 Å². The molecule has 0 saturated heterocycles. The maximum atomic E-state index is 14.2. The van der Waals surface area contributed by atoms with Crippen LogP contribution < -0.4 is 5.32 Å². The fraction of sp³-hybridized carbons (Fsp3) is 0.667. The van der Waals surface area contributed by atoms with Gasteiger partial charge in [-0.15, -0.1) is 0 Å². The molecule has 1 fully saturated rings. The molecule has 2 rings (SSSR count). The van der Waals surface area contributed by atoms with E-state index in [-0.39, 0.29) is 11.3 Å². The first-order valence-electron chi connectivity index (χ1n) is 7.92. The van der Waals surface area contributed by atoms with Crippen LogP contribution in [0.4, 0.5) is 8.78 Å². The van der Waals surface area contributed by atoms with Gasteiger partial charge in [-0.05, 0) is 67.7 Å². The highest BCUT2D eigenvalue weighted by molar-refractivity contribution is 5.24. The van der Waals surface area contributed by atoms with Crippen molar-refractivity contribution >= 4 is 0 Å². The Labute approximate surface area is 127 Å². The Balaban J connectivity index is 2.29. The lowest BCUT2D eigenvalue weighted by atomic mass is 9.64. The zero-order valence-corrected chi connectivity index (χ0v) is 13.5. The van der Waals surface area contributed by atoms with Gasteiger partial charge in [-0.1, -0.05) is 26.8 Å². The summed E-state index contributed by atoms with van der Waals surface area (Å²) < 4.78 is 27.4. The molecule has 0 radical (unpaired) electrons. The molecule has 1 N–H and O–H groups in total. The fourth-order valence-corrected chi connectivity index (χ4v) is 3.71. The van der Waals surface area contributed by atoms with Gasteiger partial charge in [0, 0.05) is 6.07 Å². The number of nitrogens with one attached hydrogen (secondary N) is 1. The molecular formula is C18H27F2N. The summed E-state index contributed by atoms with van der Waals surface area (Å²) in [5.41, 5.74) is 0.921. The molecule has 3 unspecified atom stereocenters. The summed E-state index contributed by atoms with van der Waals surface area (Å²) in [5.74, 6) is 0.296. The van der Waals surface area contributed by atoms with E-state index in [9.17, 15) is 8.78 Å². The molecule has 1 aliphatic carbocycles. The van der Waals surface area contributed by atoms with Gasteiger partial charge >= 0.3 is 0 Å². The molecule has 1 aromatic carbocycles. The third-order valence-electron chi connectivity index (χ3n) is 5.05. The molecule has 0 bridgehead atoms. The topological polar surface area (TPSA) is 12.0 Å². The number of halogens is 2. The number of hydrogen-bond acceptors (Lipinski definition) is 1. The highest BCUT2D eigenvalue weighted by atomic mass is 19.1. The number of rotatable bonds is 3. The lowest BCUT2D eigenvalue weighted by molar-refractivity contribution is 0.129. The Hall–Kier alpha value is -0.960. The van der Waals surface area contributed by atoms with Gasteiger partial charge in [-0.25, -0.2) is 8.78 Å². The zero-order chi connectivity index (χ0) is 15.6. The highest BCUT2D eigenvalue weighted by Gasteiger charge is 2.37. The Morgan fingerprint density at radius 1 is 1.19 bits per heavy atom. The maximum absolute atomic E-state index is 14.2. The Morgan fingerprint density at radius 3 is 2.48 bits per heavy atom. The van der Waals surface area contributed by atoms with Crippen molar-refractivity contribution in [1.82, 2.24) is 5.32 Å². The minimum atomic E-state index is -0.496. The Morgan fingerprint density at radius 2 is 1.90 bits per heavy atom. The van der Waals surface area contributed by atoms with Gasteiger partial charge in [-0.3, -0.25) is 0 Å². The van der Waals surface area contributed by atoms with Crippen molar-refractivity contribution in [2.45, 2.75) is 46.0 Å². The van der Waals surface area contributed by atoms with Crippen LogP contribution in [-0.4, -0.2) is 13.6 Å². The van der Waals surface area contributed by atoms with Crippen LogP contribution in [0.3, 0.4) is 0 Å². The van der Waals surface area contributed by atoms with E-state index in [0.29, 0.717) is 17.4 Å². The lowest BCUT2D eigenvalue weighted by Crippen LogP contribution is -2.35. The summed E-state index contributed by atoms with van der Waals surface area (Å²) in [6.07, 6.45) is 3.28. The van der Waals surface area contributed by atoms with Gasteiger partial charge in [0.2, 0.25) is 0 Å². The first kappa shape index (κ1) is 16.4. The second kappa shape index (κ2) is 6.43. The largest absolute Gasteiger partial charge is 0.319 e. The summed E-state index contributed by atoms with van der Waals surface area (Å²) in [4.78, 5) is 0. The normalized spacial score (nSPS) is 26.9. The van der Waals surface area contributed by atoms with E-state index in [1.54, 1.807) is 6.07 Å². The first-order valence-corrected chi connectivity index (χ1v) is 7.92. The summed E-state index contributed by atoms with van der Waals surface area (Å²) in [5, 5.41) is 3.23. The molecule has 0 heterocycles. The molecule has 0 amide bonds. The predicted molar refractivity (Wildman–Crippen MR) is 83.3 cm³/mol. The molecule has 1 nitrogen and oxygen atoms in total. The average molecular weight is 295 g/mol. The average Bonchev–Trinajstić information content (AvgIpc) is 2.39. The Bertz CT molecular complexity index is 479. The van der Waals surface area contributed by atoms with Crippen LogP contribution in [-0.2, 0) is 0 Å². The van der Waals surface area contributed by atoms with E-state index < -0.39 is 11.6 Å². The van der Waals surface area contributed by atoms with Crippen LogP contribution in [0.2, 0.25) is 0 Å². The van der Waals surface area contributed by atoms with E-state index in [4.69, 9.17) is 0 Å². The van der Waals surface area contributed by atoms with Crippen LogP contribution in [0.5, 0.6) is 0 Å². The molecule has 118 valence electrons. The molecule has 1 aliphatic rings. The maximum Gasteiger partial charge on any atom is 0.129 e. The van der Waals surface area contributed by atoms with Gasteiger partial charge in [0.1, 0.15) is 11.6 Å². The van der Waals surface area contributed by atoms with Crippen molar-refractivity contribution in [2.24, 2.45) is 17.3 Å². The van der Waals surface area contributed by atoms with E-state index >= 15 is 0 Å². The van der Waals surface area contributed by atoms with Gasteiger partial charge in [0.05, 0.1) is 0 Å². The molecular weight excluding hydrogens is 268 g/mol. The smallest absolute Gasteiger partial charge is 0.129 e. The number of benzene rings is 1. The quantitative estimate of drug-likeness (QED) is 0.850. The van der Waals surface area contributed by atoms with Crippen molar-refractivity contribution < 1.29 is 8.78 Å². The van der Waals surface area contributed by atoms with Gasteiger partial charge in [0.15, 0.2) is 0 Å². The van der Waals surface area contributed by atoms with Crippen molar-refractivity contribution in [3.63, 3.8) is 0 Å². The van der Waals surface area contributed by atoms with Crippen LogP contribution in [0.15, 0.2) is 18.2 Å². The van der Waals surface area contributed by atoms with Gasteiger partial charge < -0.3 is 5.32 Å². The van der Waals surface area contributed by atoms with Crippen LogP contribution in [0.1, 0.15) is 51.5 Å². The molecule has 0 aromatic heterocycles. The van der Waals surface area contributed by atoms with E-state index in [0.717, 1.165) is 25.5 Å². The summed E-state index contributed by atoms with van der Waals surface area (Å²) in [6, 6.07) is 4.05. The van der Waals surface area contributed by atoms with Crippen molar-refractivity contribution in [3.05, 3.63) is 35.4 Å². The van der Waals surface area contributed by atoms with E-state index in [2.05, 4.69) is 26.1 Å². The third kappa shape index (κ3) is 3.82. The van der Waals surface area contributed by atoms with E-state index in [1.807, 2.05) is 7.05 Å². The molecule has 0 spiro atoms. The third-order valence-corrected chi connectivity index (χ3v) is 5.05. The molecule has 1 saturated carbocycles. The molecule has 1 aromatic rings. The van der Waals surface area contributed by atoms with Gasteiger partial charge in [-0.2, -0.15) is 0 Å². The fourth-order valence-electron chi connectivity index (χ4n) is 3.71. The molecule has 0 aliphatic heterocycles. The zero-order valence-electron chi connectivity index (χ0n) is 13.5. The molecule has 3 atom stereocenters. The second-order valence-electron chi connectivity index (χ2n) is 7.47. The summed E-state index contributed by atoms with van der Waals surface area (Å²) in [7, 11) is 1.94. The SMILES string of the molecule is CNCC1CCC(C(C)(C)C)CC1c1ccc(F)cc1F. The standard InChI is InChI=1S/C18H27F2N/c1-18(2,3)13-6-5-12(11-21-4)16(9-13)15-8-7-14(19)10-17(15)20/h7-8,10,12-13,16,21H,5-6,9,11H2,1-4H3. The lowest BCUT2D eigenvalue weighted by Gasteiger charge is -2.42. The number of hydrogen-bond donors (Lipinski definition) is 1. The summed E-state index contributed by atoms with van der Waals surface area (Å²) in [6.45, 7) is 7.66. The monoisotopic (exact) mass is 295 g/mol. The van der Waals surface area contributed by atoms with Crippen LogP contribution in [0.25, 0.3) is 0 Å². The molecule has 21 heavy (non-hydrogen) atoms. The van der Waals surface area contributed by atoms with Crippen molar-refractivity contribution in [2.75, 3.05) is 13.6 Å². The van der Waals surface area contributed by atoms with Crippen LogP contribution >= 0.6 is 0 Å². The first-order chi connectivity index (χ1) is 9.82. The van der Waals surface area contributed by atoms with Crippen molar-refractivity contribution in [1.29, 1.82) is 0 Å². The molecule has 3 heteroatoms. The minimum absolute atomic E-state index is 0.177. The van der Waals surface area contributed by atoms with Crippen LogP contribution in [0, 0.1) is 28.9 Å². The van der Waals surface area contributed by atoms with E-state index in [1.165, 1.54) is 12.5 Å². The highest BCUT2D eigenvalue weighted by Crippen LogP contribution is 2.47. The van der Waals surface area contributed by atoms with Gasteiger partial charge in [0.25, 0.3) is 0 Å².